The van der Waals surface area contributed by atoms with Crippen LogP contribution in [0.15, 0.2) is 18.2 Å². The molecule has 1 aliphatic carbocycles. The molecule has 0 heterocycles. The third-order valence-electron chi connectivity index (χ3n) is 4.01. The van der Waals surface area contributed by atoms with Gasteiger partial charge in [-0.05, 0) is 48.9 Å². The lowest BCUT2D eigenvalue weighted by Crippen LogP contribution is -2.39. The van der Waals surface area contributed by atoms with E-state index in [0.717, 1.165) is 24.8 Å². The second kappa shape index (κ2) is 6.86. The van der Waals surface area contributed by atoms with Crippen LogP contribution in [0.2, 0.25) is 0 Å². The minimum Gasteiger partial charge on any atom is -0.481 e. The third-order valence-corrected chi connectivity index (χ3v) is 4.01. The van der Waals surface area contributed by atoms with Crippen molar-refractivity contribution in [2.75, 3.05) is 6.54 Å². The molecule has 110 valence electrons. The van der Waals surface area contributed by atoms with Crippen molar-refractivity contribution in [3.05, 3.63) is 34.9 Å². The lowest BCUT2D eigenvalue weighted by molar-refractivity contribution is -0.137. The van der Waals surface area contributed by atoms with Crippen molar-refractivity contribution in [3.8, 4) is 0 Å². The van der Waals surface area contributed by atoms with Crippen molar-refractivity contribution in [1.82, 2.24) is 5.32 Å². The molecule has 0 spiro atoms. The van der Waals surface area contributed by atoms with Crippen LogP contribution in [-0.2, 0) is 17.6 Å². The minimum absolute atomic E-state index is 0.0313. The van der Waals surface area contributed by atoms with Gasteiger partial charge in [-0.15, -0.1) is 0 Å². The topological polar surface area (TPSA) is 69.6 Å². The summed E-state index contributed by atoms with van der Waals surface area (Å²) in [4.78, 5) is 10.5. The third kappa shape index (κ3) is 3.58. The lowest BCUT2D eigenvalue weighted by Gasteiger charge is -2.31. The minimum atomic E-state index is -0.770. The SMILES string of the molecule is CCc1ccc2c(c1)CCC(NCCCC(=O)O)C2O. The summed E-state index contributed by atoms with van der Waals surface area (Å²) >= 11 is 0. The Balaban J connectivity index is 1.93. The highest BCUT2D eigenvalue weighted by atomic mass is 16.4. The zero-order valence-electron chi connectivity index (χ0n) is 11.9. The standard InChI is InChI=1S/C16H23NO3/c1-2-11-5-7-13-12(10-11)6-8-14(16(13)20)17-9-3-4-15(18)19/h5,7,10,14,16-17,20H,2-4,6,8-9H2,1H3,(H,18,19). The summed E-state index contributed by atoms with van der Waals surface area (Å²) in [6, 6.07) is 6.33. The normalized spacial score (nSPS) is 21.5. The maximum absolute atomic E-state index is 10.5. The average molecular weight is 277 g/mol. The Hall–Kier alpha value is -1.39. The van der Waals surface area contributed by atoms with Crippen LogP contribution in [-0.4, -0.2) is 28.8 Å². The van der Waals surface area contributed by atoms with E-state index in [1.807, 2.05) is 6.07 Å². The predicted molar refractivity (Wildman–Crippen MR) is 77.8 cm³/mol. The molecule has 0 aromatic heterocycles. The summed E-state index contributed by atoms with van der Waals surface area (Å²) in [6.07, 6.45) is 3.16. The summed E-state index contributed by atoms with van der Waals surface area (Å²) in [5.41, 5.74) is 3.58. The summed E-state index contributed by atoms with van der Waals surface area (Å²) < 4.78 is 0. The molecule has 0 aliphatic heterocycles. The van der Waals surface area contributed by atoms with Gasteiger partial charge in [-0.3, -0.25) is 4.79 Å². The molecule has 2 rings (SSSR count). The number of hydrogen-bond acceptors (Lipinski definition) is 3. The van der Waals surface area contributed by atoms with Gasteiger partial charge < -0.3 is 15.5 Å². The van der Waals surface area contributed by atoms with Crippen LogP contribution in [0.4, 0.5) is 0 Å². The van der Waals surface area contributed by atoms with Gasteiger partial charge in [0, 0.05) is 12.5 Å². The Morgan fingerprint density at radius 2 is 2.25 bits per heavy atom. The van der Waals surface area contributed by atoms with E-state index in [-0.39, 0.29) is 12.5 Å². The number of carboxylic acid groups (broad SMARTS) is 1. The van der Waals surface area contributed by atoms with Gasteiger partial charge in [-0.2, -0.15) is 0 Å². The van der Waals surface area contributed by atoms with E-state index in [1.165, 1.54) is 11.1 Å². The van der Waals surface area contributed by atoms with Crippen LogP contribution < -0.4 is 5.32 Å². The molecule has 20 heavy (non-hydrogen) atoms. The van der Waals surface area contributed by atoms with Crippen molar-refractivity contribution >= 4 is 5.97 Å². The van der Waals surface area contributed by atoms with Gasteiger partial charge in [0.15, 0.2) is 0 Å². The van der Waals surface area contributed by atoms with Gasteiger partial charge in [-0.25, -0.2) is 0 Å². The molecule has 1 aromatic rings. The van der Waals surface area contributed by atoms with E-state index < -0.39 is 12.1 Å². The van der Waals surface area contributed by atoms with Crippen molar-refractivity contribution in [1.29, 1.82) is 0 Å². The first-order valence-electron chi connectivity index (χ1n) is 7.36. The molecule has 1 aliphatic rings. The van der Waals surface area contributed by atoms with Crippen LogP contribution in [0.25, 0.3) is 0 Å². The Morgan fingerprint density at radius 1 is 1.45 bits per heavy atom. The molecule has 4 nitrogen and oxygen atoms in total. The molecule has 0 saturated carbocycles. The largest absolute Gasteiger partial charge is 0.481 e. The molecule has 2 atom stereocenters. The molecular formula is C16H23NO3. The number of carbonyl (C=O) groups is 1. The number of fused-ring (bicyclic) bond motifs is 1. The van der Waals surface area contributed by atoms with Gasteiger partial charge in [0.25, 0.3) is 0 Å². The summed E-state index contributed by atoms with van der Waals surface area (Å²) in [7, 11) is 0. The monoisotopic (exact) mass is 277 g/mol. The number of aliphatic carboxylic acids is 1. The smallest absolute Gasteiger partial charge is 0.303 e. The average Bonchev–Trinajstić information content (AvgIpc) is 2.45. The molecule has 0 bridgehead atoms. The van der Waals surface area contributed by atoms with Gasteiger partial charge in [0.05, 0.1) is 6.10 Å². The van der Waals surface area contributed by atoms with E-state index in [4.69, 9.17) is 5.11 Å². The number of carboxylic acids is 1. The van der Waals surface area contributed by atoms with Crippen molar-refractivity contribution < 1.29 is 15.0 Å². The van der Waals surface area contributed by atoms with Crippen LogP contribution >= 0.6 is 0 Å². The summed E-state index contributed by atoms with van der Waals surface area (Å²) in [5, 5.41) is 22.3. The second-order valence-corrected chi connectivity index (χ2v) is 5.43. The zero-order valence-corrected chi connectivity index (χ0v) is 11.9. The fraction of sp³-hybridized carbons (Fsp3) is 0.562. The number of aryl methyl sites for hydroxylation is 2. The summed E-state index contributed by atoms with van der Waals surface area (Å²) in [6.45, 7) is 2.77. The van der Waals surface area contributed by atoms with Crippen molar-refractivity contribution in [3.63, 3.8) is 0 Å². The first kappa shape index (κ1) is 15.0. The van der Waals surface area contributed by atoms with Gasteiger partial charge in [0.2, 0.25) is 0 Å². The number of aliphatic hydroxyl groups is 1. The fourth-order valence-electron chi connectivity index (χ4n) is 2.81. The molecule has 3 N–H and O–H groups in total. The van der Waals surface area contributed by atoms with E-state index >= 15 is 0 Å². The molecule has 0 amide bonds. The fourth-order valence-corrected chi connectivity index (χ4v) is 2.81. The number of hydrogen-bond donors (Lipinski definition) is 3. The molecule has 0 saturated heterocycles. The van der Waals surface area contributed by atoms with Crippen LogP contribution in [0.3, 0.4) is 0 Å². The predicted octanol–water partition coefficient (Wildman–Crippen LogP) is 2.05. The Kier molecular flexibility index (Phi) is 5.15. The summed E-state index contributed by atoms with van der Waals surface area (Å²) in [5.74, 6) is -0.770. The first-order valence-corrected chi connectivity index (χ1v) is 7.36. The quantitative estimate of drug-likeness (QED) is 0.696. The molecule has 0 fully saturated rings. The zero-order chi connectivity index (χ0) is 14.5. The number of benzene rings is 1. The number of nitrogens with one attached hydrogen (secondary N) is 1. The molecular weight excluding hydrogens is 254 g/mol. The van der Waals surface area contributed by atoms with Gasteiger partial charge in [-0.1, -0.05) is 25.1 Å². The highest BCUT2D eigenvalue weighted by molar-refractivity contribution is 5.66. The molecule has 1 aromatic carbocycles. The molecule has 2 unspecified atom stereocenters. The first-order chi connectivity index (χ1) is 9.61. The number of rotatable bonds is 6. The molecule has 4 heteroatoms. The van der Waals surface area contributed by atoms with Crippen molar-refractivity contribution in [2.24, 2.45) is 0 Å². The van der Waals surface area contributed by atoms with Crippen LogP contribution in [0, 0.1) is 0 Å². The van der Waals surface area contributed by atoms with Gasteiger partial charge in [0.1, 0.15) is 0 Å². The number of aliphatic hydroxyl groups excluding tert-OH is 1. The Bertz CT molecular complexity index is 473. The van der Waals surface area contributed by atoms with E-state index in [1.54, 1.807) is 0 Å². The van der Waals surface area contributed by atoms with E-state index in [9.17, 15) is 9.90 Å². The highest BCUT2D eigenvalue weighted by Crippen LogP contribution is 2.30. The van der Waals surface area contributed by atoms with E-state index in [0.29, 0.717) is 13.0 Å². The molecule has 0 radical (unpaired) electrons. The second-order valence-electron chi connectivity index (χ2n) is 5.43. The maximum Gasteiger partial charge on any atom is 0.303 e. The lowest BCUT2D eigenvalue weighted by atomic mass is 9.84. The van der Waals surface area contributed by atoms with E-state index in [2.05, 4.69) is 24.4 Å². The van der Waals surface area contributed by atoms with Crippen LogP contribution in [0.1, 0.15) is 49.0 Å². The maximum atomic E-state index is 10.5. The van der Waals surface area contributed by atoms with Crippen LogP contribution in [0.5, 0.6) is 0 Å². The Labute approximate surface area is 119 Å². The van der Waals surface area contributed by atoms with Gasteiger partial charge >= 0.3 is 5.97 Å². The Morgan fingerprint density at radius 3 is 2.95 bits per heavy atom. The van der Waals surface area contributed by atoms with Crippen molar-refractivity contribution in [2.45, 2.75) is 51.2 Å². The highest BCUT2D eigenvalue weighted by Gasteiger charge is 2.27.